The van der Waals surface area contributed by atoms with Crippen LogP contribution in [0.3, 0.4) is 0 Å². The van der Waals surface area contributed by atoms with E-state index in [-0.39, 0.29) is 24.3 Å². The molecule has 8 heteroatoms. The number of thiazole rings is 1. The maximum Gasteiger partial charge on any atom is 0.240 e. The molecular weight excluding hydrogens is 340 g/mol. The highest BCUT2D eigenvalue weighted by molar-refractivity contribution is 7.14. The lowest BCUT2D eigenvalue weighted by Crippen LogP contribution is -2.30. The predicted octanol–water partition coefficient (Wildman–Crippen LogP) is 2.62. The van der Waals surface area contributed by atoms with Gasteiger partial charge in [-0.15, -0.1) is 11.3 Å². The molecule has 0 radical (unpaired) electrons. The van der Waals surface area contributed by atoms with Crippen LogP contribution in [0.25, 0.3) is 11.3 Å². The number of nitriles is 1. The Morgan fingerprint density at radius 3 is 3.08 bits per heavy atom. The Balaban J connectivity index is 1.84. The Morgan fingerprint density at radius 2 is 2.32 bits per heavy atom. The molecule has 0 bridgehead atoms. The van der Waals surface area contributed by atoms with E-state index in [4.69, 9.17) is 10.00 Å². The third-order valence-electron chi connectivity index (χ3n) is 3.71. The zero-order valence-corrected chi connectivity index (χ0v) is 14.4. The Bertz CT molecular complexity index is 856. The second-order valence-corrected chi connectivity index (χ2v) is 6.42. The van der Waals surface area contributed by atoms with E-state index in [2.05, 4.69) is 15.6 Å². The van der Waals surface area contributed by atoms with Crippen LogP contribution >= 0.6 is 11.3 Å². The van der Waals surface area contributed by atoms with E-state index in [0.717, 1.165) is 16.9 Å². The van der Waals surface area contributed by atoms with Crippen molar-refractivity contribution in [3.8, 4) is 23.1 Å². The number of fused-ring (bicyclic) bond motifs is 1. The van der Waals surface area contributed by atoms with E-state index < -0.39 is 0 Å². The molecule has 1 aliphatic rings. The summed E-state index contributed by atoms with van der Waals surface area (Å²) < 4.78 is 5.65. The van der Waals surface area contributed by atoms with Gasteiger partial charge < -0.3 is 15.4 Å². The first-order valence-corrected chi connectivity index (χ1v) is 8.61. The molecule has 0 aliphatic carbocycles. The lowest BCUT2D eigenvalue weighted by atomic mass is 9.97. The van der Waals surface area contributed by atoms with Crippen LogP contribution in [0.15, 0.2) is 23.6 Å². The van der Waals surface area contributed by atoms with Gasteiger partial charge in [0.15, 0.2) is 5.13 Å². The molecule has 25 heavy (non-hydrogen) atoms. The molecule has 2 N–H and O–H groups in total. The van der Waals surface area contributed by atoms with Gasteiger partial charge in [0.25, 0.3) is 0 Å². The van der Waals surface area contributed by atoms with Crippen molar-refractivity contribution in [2.45, 2.75) is 25.8 Å². The fourth-order valence-electron chi connectivity index (χ4n) is 2.65. The van der Waals surface area contributed by atoms with Crippen LogP contribution < -0.4 is 15.4 Å². The summed E-state index contributed by atoms with van der Waals surface area (Å²) in [4.78, 5) is 27.3. The summed E-state index contributed by atoms with van der Waals surface area (Å²) in [7, 11) is 0. The van der Waals surface area contributed by atoms with Crippen molar-refractivity contribution in [2.75, 3.05) is 11.9 Å². The first kappa shape index (κ1) is 16.9. The number of nitrogens with zero attached hydrogens (tertiary/aromatic N) is 2. The van der Waals surface area contributed by atoms with Crippen molar-refractivity contribution in [1.29, 1.82) is 5.26 Å². The predicted molar refractivity (Wildman–Crippen MR) is 93.1 cm³/mol. The summed E-state index contributed by atoms with van der Waals surface area (Å²) in [6, 6.07) is 7.42. The standard InChI is InChI=1S/C17H16N4O3S/c1-10(22)19-13-5-7-24-15-3-2-11(8-12(13)15)14-9-25-17(20-14)21-16(23)4-6-18/h2-3,8-9,13H,4-5,7H2,1H3,(H,19,22)(H,20,21,23). The third-order valence-corrected chi connectivity index (χ3v) is 4.47. The van der Waals surface area contributed by atoms with Crippen molar-refractivity contribution in [3.05, 3.63) is 29.1 Å². The van der Waals surface area contributed by atoms with Crippen LogP contribution in [0.4, 0.5) is 5.13 Å². The van der Waals surface area contributed by atoms with Crippen LogP contribution in [-0.4, -0.2) is 23.4 Å². The van der Waals surface area contributed by atoms with Gasteiger partial charge in [0.2, 0.25) is 11.8 Å². The fourth-order valence-corrected chi connectivity index (χ4v) is 3.38. The molecule has 128 valence electrons. The molecule has 0 fully saturated rings. The summed E-state index contributed by atoms with van der Waals surface area (Å²) in [5, 5.41) is 16.3. The highest BCUT2D eigenvalue weighted by Gasteiger charge is 2.23. The quantitative estimate of drug-likeness (QED) is 0.876. The van der Waals surface area contributed by atoms with E-state index in [1.807, 2.05) is 23.6 Å². The fraction of sp³-hybridized carbons (Fsp3) is 0.294. The average Bonchev–Trinajstić information content (AvgIpc) is 3.03. The number of amides is 2. The second kappa shape index (κ2) is 7.32. The number of ether oxygens (including phenoxy) is 1. The average molecular weight is 356 g/mol. The number of rotatable bonds is 4. The Morgan fingerprint density at radius 1 is 1.48 bits per heavy atom. The van der Waals surface area contributed by atoms with E-state index >= 15 is 0 Å². The molecule has 1 aromatic heterocycles. The molecule has 7 nitrogen and oxygen atoms in total. The van der Waals surface area contributed by atoms with Crippen molar-refractivity contribution >= 4 is 28.3 Å². The molecular formula is C17H16N4O3S. The number of nitrogens with one attached hydrogen (secondary N) is 2. The van der Waals surface area contributed by atoms with Crippen molar-refractivity contribution < 1.29 is 14.3 Å². The van der Waals surface area contributed by atoms with Gasteiger partial charge in [0, 0.05) is 29.9 Å². The number of aromatic nitrogens is 1. The lowest BCUT2D eigenvalue weighted by Gasteiger charge is -2.26. The van der Waals surface area contributed by atoms with Gasteiger partial charge in [-0.1, -0.05) is 0 Å². The SMILES string of the molecule is CC(=O)NC1CCOc2ccc(-c3csc(NC(=O)CC#N)n3)cc21. The van der Waals surface area contributed by atoms with E-state index in [9.17, 15) is 9.59 Å². The maximum absolute atomic E-state index is 11.5. The summed E-state index contributed by atoms with van der Waals surface area (Å²) in [6.07, 6.45) is 0.506. The maximum atomic E-state index is 11.5. The Labute approximate surface area is 148 Å². The molecule has 2 amide bonds. The smallest absolute Gasteiger partial charge is 0.240 e. The van der Waals surface area contributed by atoms with Crippen LogP contribution in [0.5, 0.6) is 5.75 Å². The molecule has 2 heterocycles. The zero-order chi connectivity index (χ0) is 17.8. The normalized spacial score (nSPS) is 15.4. The third kappa shape index (κ3) is 3.95. The largest absolute Gasteiger partial charge is 0.493 e. The topological polar surface area (TPSA) is 104 Å². The monoisotopic (exact) mass is 356 g/mol. The molecule has 2 aromatic rings. The first-order valence-electron chi connectivity index (χ1n) is 7.73. The molecule has 1 unspecified atom stereocenters. The molecule has 1 aliphatic heterocycles. The van der Waals surface area contributed by atoms with Crippen LogP contribution in [0.2, 0.25) is 0 Å². The second-order valence-electron chi connectivity index (χ2n) is 5.56. The van der Waals surface area contributed by atoms with Gasteiger partial charge in [0.05, 0.1) is 24.4 Å². The van der Waals surface area contributed by atoms with Crippen LogP contribution in [-0.2, 0) is 9.59 Å². The summed E-state index contributed by atoms with van der Waals surface area (Å²) in [5.74, 6) is 0.291. The molecule has 3 rings (SSSR count). The molecule has 1 atom stereocenters. The first-order chi connectivity index (χ1) is 12.1. The summed E-state index contributed by atoms with van der Waals surface area (Å²) >= 11 is 1.29. The van der Waals surface area contributed by atoms with Gasteiger partial charge in [-0.3, -0.25) is 9.59 Å². The molecule has 1 aromatic carbocycles. The van der Waals surface area contributed by atoms with Gasteiger partial charge in [0.1, 0.15) is 12.2 Å². The number of hydrogen-bond donors (Lipinski definition) is 2. The zero-order valence-electron chi connectivity index (χ0n) is 13.5. The minimum atomic E-state index is -0.382. The van der Waals surface area contributed by atoms with Crippen LogP contribution in [0, 0.1) is 11.3 Å². The summed E-state index contributed by atoms with van der Waals surface area (Å²) in [6.45, 7) is 2.05. The number of anilines is 1. The highest BCUT2D eigenvalue weighted by Crippen LogP contribution is 2.36. The van der Waals surface area contributed by atoms with Crippen molar-refractivity contribution in [3.63, 3.8) is 0 Å². The molecule has 0 spiro atoms. The van der Waals surface area contributed by atoms with Gasteiger partial charge >= 0.3 is 0 Å². The Kier molecular flexibility index (Phi) is 4.95. The number of carbonyl (C=O) groups excluding carboxylic acids is 2. The lowest BCUT2D eigenvalue weighted by molar-refractivity contribution is -0.120. The molecule has 0 saturated heterocycles. The van der Waals surface area contributed by atoms with E-state index in [0.29, 0.717) is 23.9 Å². The van der Waals surface area contributed by atoms with E-state index in [1.54, 1.807) is 6.07 Å². The van der Waals surface area contributed by atoms with Gasteiger partial charge in [-0.05, 0) is 18.2 Å². The minimum absolute atomic E-state index is 0.0839. The van der Waals surface area contributed by atoms with Gasteiger partial charge in [-0.25, -0.2) is 4.98 Å². The van der Waals surface area contributed by atoms with E-state index in [1.165, 1.54) is 18.3 Å². The Hall–Kier alpha value is -2.92. The van der Waals surface area contributed by atoms with Crippen LogP contribution in [0.1, 0.15) is 31.4 Å². The van der Waals surface area contributed by atoms with Gasteiger partial charge in [-0.2, -0.15) is 5.26 Å². The number of carbonyl (C=O) groups is 2. The molecule has 0 saturated carbocycles. The number of hydrogen-bond acceptors (Lipinski definition) is 6. The van der Waals surface area contributed by atoms with Crippen molar-refractivity contribution in [2.24, 2.45) is 0 Å². The summed E-state index contributed by atoms with van der Waals surface area (Å²) in [5.41, 5.74) is 2.51. The van der Waals surface area contributed by atoms with Crippen molar-refractivity contribution in [1.82, 2.24) is 10.3 Å². The minimum Gasteiger partial charge on any atom is -0.493 e. The number of benzene rings is 1. The highest BCUT2D eigenvalue weighted by atomic mass is 32.1.